The Morgan fingerprint density at radius 1 is 1.12 bits per heavy atom. The lowest BCUT2D eigenvalue weighted by Gasteiger charge is -2.40. The number of rotatable bonds is 6. The number of aromatic hydroxyl groups is 2. The maximum Gasteiger partial charge on any atom is 0.123 e. The van der Waals surface area contributed by atoms with Crippen LogP contribution in [0.3, 0.4) is 0 Å². The summed E-state index contributed by atoms with van der Waals surface area (Å²) >= 11 is 0. The molecular weight excluding hydrogens is 316 g/mol. The third-order valence-corrected chi connectivity index (χ3v) is 5.38. The molecule has 0 amide bonds. The minimum atomic E-state index is -1.04. The minimum Gasteiger partial charge on any atom is -0.507 e. The van der Waals surface area contributed by atoms with Crippen LogP contribution in [0.5, 0.6) is 11.5 Å². The van der Waals surface area contributed by atoms with Crippen molar-refractivity contribution in [2.45, 2.75) is 77.4 Å². The highest BCUT2D eigenvalue weighted by Gasteiger charge is 2.40. The fraction of sp³-hybridized carbons (Fsp3) is 0.619. The van der Waals surface area contributed by atoms with Crippen LogP contribution in [0, 0.1) is 5.92 Å². The van der Waals surface area contributed by atoms with Crippen LogP contribution < -0.4 is 0 Å². The molecule has 0 fully saturated rings. The number of phenols is 2. The van der Waals surface area contributed by atoms with E-state index in [1.165, 1.54) is 0 Å². The first-order valence-corrected chi connectivity index (χ1v) is 9.28. The van der Waals surface area contributed by atoms with Gasteiger partial charge in [0.2, 0.25) is 0 Å². The molecule has 0 radical (unpaired) electrons. The van der Waals surface area contributed by atoms with Crippen LogP contribution in [0.15, 0.2) is 23.8 Å². The van der Waals surface area contributed by atoms with Gasteiger partial charge in [-0.15, -0.1) is 0 Å². The summed E-state index contributed by atoms with van der Waals surface area (Å²) in [6, 6.07) is 3.45. The Balaban J connectivity index is 2.40. The summed E-state index contributed by atoms with van der Waals surface area (Å²) in [7, 11) is 0. The topological polar surface area (TPSA) is 80.9 Å². The van der Waals surface area contributed by atoms with Crippen LogP contribution in [0.1, 0.15) is 70.4 Å². The molecule has 1 aromatic rings. The van der Waals surface area contributed by atoms with Crippen molar-refractivity contribution < 1.29 is 20.4 Å². The average molecular weight is 348 g/mol. The number of phenolic OH excluding ortho intramolecular Hbond substituents is 2. The Morgan fingerprint density at radius 3 is 2.24 bits per heavy atom. The van der Waals surface area contributed by atoms with E-state index in [2.05, 4.69) is 6.92 Å². The lowest BCUT2D eigenvalue weighted by molar-refractivity contribution is -0.0140. The second-order valence-electron chi connectivity index (χ2n) is 7.95. The zero-order chi connectivity index (χ0) is 18.8. The third-order valence-electron chi connectivity index (χ3n) is 5.38. The van der Waals surface area contributed by atoms with Gasteiger partial charge in [-0.2, -0.15) is 0 Å². The summed E-state index contributed by atoms with van der Waals surface area (Å²) in [6.45, 7) is 7.39. The molecule has 0 saturated carbocycles. The number of allylic oxidation sites excluding steroid dienone is 1. The molecule has 4 nitrogen and oxygen atoms in total. The van der Waals surface area contributed by atoms with Gasteiger partial charge in [0.15, 0.2) is 0 Å². The molecule has 3 unspecified atom stereocenters. The smallest absolute Gasteiger partial charge is 0.123 e. The lowest BCUT2D eigenvalue weighted by atomic mass is 9.69. The summed E-state index contributed by atoms with van der Waals surface area (Å²) in [5, 5.41) is 41.9. The summed E-state index contributed by atoms with van der Waals surface area (Å²) in [5.74, 6) is -0.514. The molecule has 0 heterocycles. The van der Waals surface area contributed by atoms with E-state index in [1.54, 1.807) is 26.0 Å². The van der Waals surface area contributed by atoms with E-state index in [0.29, 0.717) is 12.0 Å². The van der Waals surface area contributed by atoms with E-state index in [0.717, 1.165) is 36.8 Å². The fourth-order valence-corrected chi connectivity index (χ4v) is 3.84. The third kappa shape index (κ3) is 4.56. The molecule has 0 aromatic heterocycles. The highest BCUT2D eigenvalue weighted by atomic mass is 16.3. The van der Waals surface area contributed by atoms with E-state index >= 15 is 0 Å². The second-order valence-corrected chi connectivity index (χ2v) is 7.95. The fourth-order valence-electron chi connectivity index (χ4n) is 3.84. The predicted octanol–water partition coefficient (Wildman–Crippen LogP) is 4.01. The highest BCUT2D eigenvalue weighted by Crippen LogP contribution is 2.47. The van der Waals surface area contributed by atoms with Crippen LogP contribution in [0.2, 0.25) is 0 Å². The quantitative estimate of drug-likeness (QED) is 0.462. The van der Waals surface area contributed by atoms with Gasteiger partial charge in [0.1, 0.15) is 11.5 Å². The van der Waals surface area contributed by atoms with Crippen molar-refractivity contribution in [1.29, 1.82) is 0 Å². The van der Waals surface area contributed by atoms with Gasteiger partial charge in [-0.05, 0) is 63.3 Å². The van der Waals surface area contributed by atoms with Gasteiger partial charge >= 0.3 is 0 Å². The number of aryl methyl sites for hydroxylation is 1. The molecule has 4 heteroatoms. The lowest BCUT2D eigenvalue weighted by Crippen LogP contribution is -2.40. The van der Waals surface area contributed by atoms with Crippen molar-refractivity contribution >= 4 is 0 Å². The molecule has 3 atom stereocenters. The molecular formula is C21H32O4. The van der Waals surface area contributed by atoms with Gasteiger partial charge in [0.05, 0.1) is 11.7 Å². The van der Waals surface area contributed by atoms with E-state index in [9.17, 15) is 20.4 Å². The Kier molecular flexibility index (Phi) is 6.17. The summed E-state index contributed by atoms with van der Waals surface area (Å²) in [6.07, 6.45) is 5.74. The predicted molar refractivity (Wildman–Crippen MR) is 99.9 cm³/mol. The maximum atomic E-state index is 10.6. The Hall–Kier alpha value is -1.52. The molecule has 0 bridgehead atoms. The van der Waals surface area contributed by atoms with Crippen LogP contribution in [-0.2, 0) is 6.42 Å². The molecule has 1 aliphatic carbocycles. The average Bonchev–Trinajstić information content (AvgIpc) is 2.49. The molecule has 0 spiro atoms. The van der Waals surface area contributed by atoms with Gasteiger partial charge in [0.25, 0.3) is 0 Å². The van der Waals surface area contributed by atoms with E-state index < -0.39 is 11.7 Å². The second kappa shape index (κ2) is 7.79. The van der Waals surface area contributed by atoms with Gasteiger partial charge in [-0.25, -0.2) is 0 Å². The monoisotopic (exact) mass is 348 g/mol. The minimum absolute atomic E-state index is 0.0613. The molecule has 0 saturated heterocycles. The first-order valence-electron chi connectivity index (χ1n) is 9.28. The normalized spacial score (nSPS) is 24.2. The van der Waals surface area contributed by atoms with E-state index in [4.69, 9.17) is 0 Å². The Labute approximate surface area is 150 Å². The number of benzene rings is 1. The zero-order valence-corrected chi connectivity index (χ0v) is 15.8. The molecule has 1 aliphatic rings. The van der Waals surface area contributed by atoms with Crippen molar-refractivity contribution in [3.05, 3.63) is 34.9 Å². The first-order chi connectivity index (χ1) is 11.6. The molecule has 4 N–H and O–H groups in total. The summed E-state index contributed by atoms with van der Waals surface area (Å²) in [5.41, 5.74) is 1.12. The Bertz CT molecular complexity index is 604. The van der Waals surface area contributed by atoms with Gasteiger partial charge in [0, 0.05) is 17.4 Å². The standard InChI is InChI=1S/C21H32O4/c1-5-6-7-8-14-10-18(23)20(19(24)11-14)15-9-13(2)17(22)12-16(15)21(3,4)25/h9-11,15-17,22-25H,5-8,12H2,1-4H3. The molecule has 25 heavy (non-hydrogen) atoms. The Morgan fingerprint density at radius 2 is 1.72 bits per heavy atom. The van der Waals surface area contributed by atoms with Crippen LogP contribution in [0.25, 0.3) is 0 Å². The summed E-state index contributed by atoms with van der Waals surface area (Å²) in [4.78, 5) is 0. The zero-order valence-electron chi connectivity index (χ0n) is 15.8. The number of hydrogen-bond donors (Lipinski definition) is 4. The van der Waals surface area contributed by atoms with Crippen molar-refractivity contribution in [2.24, 2.45) is 5.92 Å². The number of hydrogen-bond acceptors (Lipinski definition) is 4. The highest BCUT2D eigenvalue weighted by molar-refractivity contribution is 5.51. The van der Waals surface area contributed by atoms with Crippen LogP contribution in [-0.4, -0.2) is 32.1 Å². The van der Waals surface area contributed by atoms with Crippen molar-refractivity contribution in [3.8, 4) is 11.5 Å². The number of aliphatic hydroxyl groups excluding tert-OH is 1. The van der Waals surface area contributed by atoms with Crippen LogP contribution >= 0.6 is 0 Å². The molecule has 0 aliphatic heterocycles. The van der Waals surface area contributed by atoms with Crippen molar-refractivity contribution in [2.75, 3.05) is 0 Å². The molecule has 140 valence electrons. The maximum absolute atomic E-state index is 10.6. The van der Waals surface area contributed by atoms with Crippen LogP contribution in [0.4, 0.5) is 0 Å². The summed E-state index contributed by atoms with van der Waals surface area (Å²) < 4.78 is 0. The first kappa shape index (κ1) is 19.8. The van der Waals surface area contributed by atoms with E-state index in [-0.39, 0.29) is 23.3 Å². The van der Waals surface area contributed by atoms with Crippen molar-refractivity contribution in [1.82, 2.24) is 0 Å². The van der Waals surface area contributed by atoms with Crippen molar-refractivity contribution in [3.63, 3.8) is 0 Å². The largest absolute Gasteiger partial charge is 0.507 e. The van der Waals surface area contributed by atoms with Gasteiger partial charge in [-0.1, -0.05) is 25.8 Å². The number of unbranched alkanes of at least 4 members (excludes halogenated alkanes) is 2. The SMILES string of the molecule is CCCCCc1cc(O)c(C2C=C(C)C(O)CC2C(C)(C)O)c(O)c1. The molecule has 1 aromatic carbocycles. The van der Waals surface area contributed by atoms with E-state index in [1.807, 2.05) is 13.0 Å². The molecule has 2 rings (SSSR count). The van der Waals surface area contributed by atoms with Gasteiger partial charge < -0.3 is 20.4 Å². The van der Waals surface area contributed by atoms with Gasteiger partial charge in [-0.3, -0.25) is 0 Å². The number of aliphatic hydroxyl groups is 2.